The highest BCUT2D eigenvalue weighted by atomic mass is 16.5. The van der Waals surface area contributed by atoms with E-state index in [4.69, 9.17) is 4.74 Å². The van der Waals surface area contributed by atoms with Gasteiger partial charge in [0.15, 0.2) is 0 Å². The van der Waals surface area contributed by atoms with Crippen LogP contribution in [0.5, 0.6) is 0 Å². The lowest BCUT2D eigenvalue weighted by Gasteiger charge is -2.31. The molecule has 1 saturated carbocycles. The van der Waals surface area contributed by atoms with E-state index in [0.29, 0.717) is 6.54 Å². The van der Waals surface area contributed by atoms with E-state index in [1.807, 2.05) is 6.07 Å². The van der Waals surface area contributed by atoms with Crippen molar-refractivity contribution in [1.29, 1.82) is 0 Å². The molecule has 132 valence electrons. The molecule has 3 rings (SSSR count). The molecule has 1 aliphatic carbocycles. The molecule has 1 heterocycles. The summed E-state index contributed by atoms with van der Waals surface area (Å²) in [5.74, 6) is 0.899. The van der Waals surface area contributed by atoms with Crippen molar-refractivity contribution in [2.45, 2.75) is 25.3 Å². The van der Waals surface area contributed by atoms with Crippen molar-refractivity contribution < 1.29 is 9.53 Å². The number of morpholine rings is 1. The van der Waals surface area contributed by atoms with Gasteiger partial charge in [0.05, 0.1) is 19.8 Å². The summed E-state index contributed by atoms with van der Waals surface area (Å²) in [6.07, 6.45) is 3.48. The first-order valence-electron chi connectivity index (χ1n) is 9.13. The maximum atomic E-state index is 12.3. The van der Waals surface area contributed by atoms with E-state index in [1.54, 1.807) is 0 Å². The molecule has 2 aliphatic rings. The Balaban J connectivity index is 1.50. The standard InChI is InChI=1S/C19H29N3O2/c23-19(14-20-13-17-6-7-17)21-18(12-16-4-2-1-3-5-16)15-22-8-10-24-11-9-22/h1-5,17-18,20H,6-15H2,(H,21,23). The molecule has 1 saturated heterocycles. The SMILES string of the molecule is O=C(CNCC1CC1)NC(Cc1ccccc1)CN1CCOCC1. The second-order valence-electron chi connectivity index (χ2n) is 6.94. The average molecular weight is 331 g/mol. The minimum atomic E-state index is 0.102. The van der Waals surface area contributed by atoms with Crippen LogP contribution in [0.4, 0.5) is 0 Å². The van der Waals surface area contributed by atoms with Crippen LogP contribution in [0, 0.1) is 5.92 Å². The molecule has 2 N–H and O–H groups in total. The summed E-state index contributed by atoms with van der Waals surface area (Å²) in [5, 5.41) is 6.50. The summed E-state index contributed by atoms with van der Waals surface area (Å²) >= 11 is 0. The van der Waals surface area contributed by atoms with Crippen LogP contribution in [0.25, 0.3) is 0 Å². The fraction of sp³-hybridized carbons (Fsp3) is 0.632. The second-order valence-corrected chi connectivity index (χ2v) is 6.94. The monoisotopic (exact) mass is 331 g/mol. The lowest BCUT2D eigenvalue weighted by Crippen LogP contribution is -2.50. The summed E-state index contributed by atoms with van der Waals surface area (Å²) in [5.41, 5.74) is 1.27. The molecule has 1 aliphatic heterocycles. The van der Waals surface area contributed by atoms with Gasteiger partial charge in [0.2, 0.25) is 5.91 Å². The maximum absolute atomic E-state index is 12.3. The van der Waals surface area contributed by atoms with Crippen molar-refractivity contribution in [2.24, 2.45) is 5.92 Å². The van der Waals surface area contributed by atoms with Crippen LogP contribution in [-0.4, -0.2) is 62.8 Å². The minimum Gasteiger partial charge on any atom is -0.379 e. The molecular weight excluding hydrogens is 302 g/mol. The van der Waals surface area contributed by atoms with Gasteiger partial charge in [-0.15, -0.1) is 0 Å². The molecule has 0 aromatic heterocycles. The highest BCUT2D eigenvalue weighted by molar-refractivity contribution is 5.78. The number of hydrogen-bond donors (Lipinski definition) is 2. The molecule has 1 aromatic carbocycles. The third kappa shape index (κ3) is 6.23. The van der Waals surface area contributed by atoms with Gasteiger partial charge in [0.25, 0.3) is 0 Å². The Morgan fingerprint density at radius 1 is 1.21 bits per heavy atom. The maximum Gasteiger partial charge on any atom is 0.234 e. The molecule has 0 spiro atoms. The zero-order valence-corrected chi connectivity index (χ0v) is 14.4. The molecule has 0 bridgehead atoms. The molecule has 1 unspecified atom stereocenters. The molecular formula is C19H29N3O2. The van der Waals surface area contributed by atoms with Crippen molar-refractivity contribution in [3.05, 3.63) is 35.9 Å². The molecule has 24 heavy (non-hydrogen) atoms. The molecule has 1 amide bonds. The Kier molecular flexibility index (Phi) is 6.64. The van der Waals surface area contributed by atoms with Crippen LogP contribution >= 0.6 is 0 Å². The smallest absolute Gasteiger partial charge is 0.234 e. The fourth-order valence-corrected chi connectivity index (χ4v) is 3.15. The number of carbonyl (C=O) groups excluding carboxylic acids is 1. The van der Waals surface area contributed by atoms with Gasteiger partial charge in [-0.25, -0.2) is 0 Å². The van der Waals surface area contributed by atoms with Gasteiger partial charge in [-0.05, 0) is 37.3 Å². The van der Waals surface area contributed by atoms with E-state index in [1.165, 1.54) is 18.4 Å². The zero-order valence-electron chi connectivity index (χ0n) is 14.4. The second kappa shape index (κ2) is 9.16. The number of hydrogen-bond acceptors (Lipinski definition) is 4. The largest absolute Gasteiger partial charge is 0.379 e. The lowest BCUT2D eigenvalue weighted by atomic mass is 10.1. The van der Waals surface area contributed by atoms with E-state index in [2.05, 4.69) is 39.8 Å². The lowest BCUT2D eigenvalue weighted by molar-refractivity contribution is -0.121. The average Bonchev–Trinajstić information content (AvgIpc) is 3.41. The van der Waals surface area contributed by atoms with E-state index in [9.17, 15) is 4.79 Å². The first-order chi connectivity index (χ1) is 11.8. The minimum absolute atomic E-state index is 0.102. The molecule has 1 atom stereocenters. The van der Waals surface area contributed by atoms with E-state index in [0.717, 1.165) is 51.7 Å². The third-order valence-electron chi connectivity index (χ3n) is 4.69. The predicted molar refractivity (Wildman–Crippen MR) is 94.9 cm³/mol. The summed E-state index contributed by atoms with van der Waals surface area (Å²) < 4.78 is 5.42. The topological polar surface area (TPSA) is 53.6 Å². The van der Waals surface area contributed by atoms with Crippen LogP contribution in [0.1, 0.15) is 18.4 Å². The molecule has 5 nitrogen and oxygen atoms in total. The van der Waals surface area contributed by atoms with Crippen molar-refractivity contribution in [2.75, 3.05) is 45.9 Å². The number of benzene rings is 1. The Hall–Kier alpha value is -1.43. The summed E-state index contributed by atoms with van der Waals surface area (Å²) in [6, 6.07) is 10.5. The first-order valence-corrected chi connectivity index (χ1v) is 9.13. The van der Waals surface area contributed by atoms with Crippen molar-refractivity contribution in [3.63, 3.8) is 0 Å². The van der Waals surface area contributed by atoms with Crippen LogP contribution in [0.3, 0.4) is 0 Å². The third-order valence-corrected chi connectivity index (χ3v) is 4.69. The number of nitrogens with one attached hydrogen (secondary N) is 2. The number of ether oxygens (including phenoxy) is 1. The molecule has 0 radical (unpaired) electrons. The van der Waals surface area contributed by atoms with E-state index in [-0.39, 0.29) is 11.9 Å². The van der Waals surface area contributed by atoms with Crippen LogP contribution in [0.2, 0.25) is 0 Å². The summed E-state index contributed by atoms with van der Waals surface area (Å²) in [6.45, 7) is 5.74. The van der Waals surface area contributed by atoms with Crippen molar-refractivity contribution >= 4 is 5.91 Å². The Morgan fingerprint density at radius 2 is 1.96 bits per heavy atom. The fourth-order valence-electron chi connectivity index (χ4n) is 3.15. The van der Waals surface area contributed by atoms with Crippen molar-refractivity contribution in [3.8, 4) is 0 Å². The summed E-state index contributed by atoms with van der Waals surface area (Å²) in [7, 11) is 0. The predicted octanol–water partition coefficient (Wildman–Crippen LogP) is 1.05. The van der Waals surface area contributed by atoms with Gasteiger partial charge in [0.1, 0.15) is 0 Å². The normalized spacial score (nSPS) is 19.8. The van der Waals surface area contributed by atoms with Crippen molar-refractivity contribution in [1.82, 2.24) is 15.5 Å². The number of nitrogens with zero attached hydrogens (tertiary/aromatic N) is 1. The molecule has 1 aromatic rings. The van der Waals surface area contributed by atoms with Gasteiger partial charge in [-0.2, -0.15) is 0 Å². The molecule has 5 heteroatoms. The first kappa shape index (κ1) is 17.4. The highest BCUT2D eigenvalue weighted by Gasteiger charge is 2.22. The Labute approximate surface area is 144 Å². The van der Waals surface area contributed by atoms with Gasteiger partial charge >= 0.3 is 0 Å². The van der Waals surface area contributed by atoms with Gasteiger partial charge < -0.3 is 15.4 Å². The quantitative estimate of drug-likeness (QED) is 0.710. The van der Waals surface area contributed by atoms with Gasteiger partial charge in [0, 0.05) is 25.7 Å². The van der Waals surface area contributed by atoms with Crippen LogP contribution in [-0.2, 0) is 16.0 Å². The number of rotatable bonds is 9. The highest BCUT2D eigenvalue weighted by Crippen LogP contribution is 2.27. The van der Waals surface area contributed by atoms with Gasteiger partial charge in [-0.3, -0.25) is 9.69 Å². The Bertz CT molecular complexity index is 499. The van der Waals surface area contributed by atoms with E-state index >= 15 is 0 Å². The number of carbonyl (C=O) groups is 1. The van der Waals surface area contributed by atoms with Gasteiger partial charge in [-0.1, -0.05) is 30.3 Å². The zero-order chi connectivity index (χ0) is 16.6. The molecule has 2 fully saturated rings. The van der Waals surface area contributed by atoms with Crippen LogP contribution in [0.15, 0.2) is 30.3 Å². The Morgan fingerprint density at radius 3 is 2.67 bits per heavy atom. The van der Waals surface area contributed by atoms with Crippen LogP contribution < -0.4 is 10.6 Å². The summed E-state index contributed by atoms with van der Waals surface area (Å²) in [4.78, 5) is 14.7. The number of amides is 1. The van der Waals surface area contributed by atoms with E-state index < -0.39 is 0 Å².